The van der Waals surface area contributed by atoms with Gasteiger partial charge in [-0.2, -0.15) is 5.10 Å². The molecular formula is C14H17N3O. The maximum atomic E-state index is 12.0. The third kappa shape index (κ3) is 2.77. The highest BCUT2D eigenvalue weighted by Gasteiger charge is 2.12. The Kier molecular flexibility index (Phi) is 3.77. The molecule has 0 saturated carbocycles. The molecular weight excluding hydrogens is 226 g/mol. The molecule has 1 aromatic carbocycles. The molecule has 2 aromatic rings. The summed E-state index contributed by atoms with van der Waals surface area (Å²) in [4.78, 5) is 12.0. The Morgan fingerprint density at radius 1 is 1.33 bits per heavy atom. The zero-order valence-corrected chi connectivity index (χ0v) is 10.7. The minimum Gasteiger partial charge on any atom is -0.347 e. The molecule has 0 fully saturated rings. The van der Waals surface area contributed by atoms with Crippen LogP contribution in [-0.4, -0.2) is 15.7 Å². The number of nitrogens with one attached hydrogen (secondary N) is 1. The van der Waals surface area contributed by atoms with Gasteiger partial charge in [0.15, 0.2) is 0 Å². The predicted molar refractivity (Wildman–Crippen MR) is 70.3 cm³/mol. The largest absolute Gasteiger partial charge is 0.347 e. The first-order chi connectivity index (χ1) is 8.70. The molecule has 4 heteroatoms. The normalized spacial score (nSPS) is 10.3. The second-order valence-corrected chi connectivity index (χ2v) is 4.15. The Balaban J connectivity index is 2.04. The zero-order valence-electron chi connectivity index (χ0n) is 10.7. The molecule has 2 rings (SSSR count). The highest BCUT2D eigenvalue weighted by Crippen LogP contribution is 2.04. The van der Waals surface area contributed by atoms with E-state index in [2.05, 4.69) is 10.4 Å². The van der Waals surface area contributed by atoms with Crippen molar-refractivity contribution in [3.63, 3.8) is 0 Å². The van der Waals surface area contributed by atoms with Crippen molar-refractivity contribution < 1.29 is 4.79 Å². The molecule has 0 unspecified atom stereocenters. The highest BCUT2D eigenvalue weighted by atomic mass is 16.2. The van der Waals surface area contributed by atoms with Crippen LogP contribution in [0.3, 0.4) is 0 Å². The van der Waals surface area contributed by atoms with Gasteiger partial charge in [-0.1, -0.05) is 30.3 Å². The van der Waals surface area contributed by atoms with Gasteiger partial charge in [-0.3, -0.25) is 9.48 Å². The van der Waals surface area contributed by atoms with Crippen LogP contribution in [0, 0.1) is 6.92 Å². The quantitative estimate of drug-likeness (QED) is 0.894. The van der Waals surface area contributed by atoms with Gasteiger partial charge in [-0.25, -0.2) is 0 Å². The van der Waals surface area contributed by atoms with Crippen molar-refractivity contribution in [3.05, 3.63) is 53.3 Å². The molecule has 0 aliphatic rings. The van der Waals surface area contributed by atoms with Gasteiger partial charge in [0, 0.05) is 13.1 Å². The lowest BCUT2D eigenvalue weighted by Crippen LogP contribution is -2.25. The molecule has 0 bridgehead atoms. The molecule has 0 saturated heterocycles. The Hall–Kier alpha value is -2.10. The fourth-order valence-electron chi connectivity index (χ4n) is 1.84. The molecule has 0 spiro atoms. The third-order valence-corrected chi connectivity index (χ3v) is 2.73. The van der Waals surface area contributed by atoms with Crippen LogP contribution in [0.25, 0.3) is 0 Å². The van der Waals surface area contributed by atoms with Gasteiger partial charge in [0.1, 0.15) is 5.69 Å². The number of carbonyl (C=O) groups is 1. The highest BCUT2D eigenvalue weighted by molar-refractivity contribution is 5.92. The Bertz CT molecular complexity index is 531. The number of aromatic nitrogens is 2. The molecule has 1 N–H and O–H groups in total. The molecule has 1 heterocycles. The van der Waals surface area contributed by atoms with E-state index in [9.17, 15) is 4.79 Å². The fourth-order valence-corrected chi connectivity index (χ4v) is 1.84. The van der Waals surface area contributed by atoms with Crippen molar-refractivity contribution in [3.8, 4) is 0 Å². The zero-order chi connectivity index (χ0) is 13.0. The van der Waals surface area contributed by atoms with Crippen LogP contribution in [0.1, 0.15) is 28.7 Å². The van der Waals surface area contributed by atoms with Crippen molar-refractivity contribution in [1.29, 1.82) is 0 Å². The summed E-state index contributed by atoms with van der Waals surface area (Å²) in [5.41, 5.74) is 2.57. The molecule has 0 aliphatic carbocycles. The molecule has 94 valence electrons. The van der Waals surface area contributed by atoms with Gasteiger partial charge in [0.05, 0.1) is 5.69 Å². The monoisotopic (exact) mass is 243 g/mol. The number of aryl methyl sites for hydroxylation is 2. The Labute approximate surface area is 107 Å². The number of rotatable bonds is 4. The van der Waals surface area contributed by atoms with E-state index in [0.717, 1.165) is 11.3 Å². The topological polar surface area (TPSA) is 46.9 Å². The third-order valence-electron chi connectivity index (χ3n) is 2.73. The first kappa shape index (κ1) is 12.4. The van der Waals surface area contributed by atoms with Gasteiger partial charge >= 0.3 is 0 Å². The Morgan fingerprint density at radius 2 is 2.06 bits per heavy atom. The van der Waals surface area contributed by atoms with E-state index in [4.69, 9.17) is 0 Å². The standard InChI is InChI=1S/C14H17N3O/c1-3-17-13(9-11(2)16-17)14(18)15-10-12-7-5-4-6-8-12/h4-9H,3,10H2,1-2H3,(H,15,18). The summed E-state index contributed by atoms with van der Waals surface area (Å²) >= 11 is 0. The van der Waals surface area contributed by atoms with E-state index < -0.39 is 0 Å². The second-order valence-electron chi connectivity index (χ2n) is 4.15. The van der Waals surface area contributed by atoms with Crippen LogP contribution in [0.4, 0.5) is 0 Å². The van der Waals surface area contributed by atoms with Gasteiger partial charge in [0.25, 0.3) is 5.91 Å². The summed E-state index contributed by atoms with van der Waals surface area (Å²) in [7, 11) is 0. The molecule has 0 aliphatic heterocycles. The first-order valence-corrected chi connectivity index (χ1v) is 6.07. The van der Waals surface area contributed by atoms with Crippen molar-refractivity contribution in [2.75, 3.05) is 0 Å². The van der Waals surface area contributed by atoms with Gasteiger partial charge in [-0.05, 0) is 25.5 Å². The van der Waals surface area contributed by atoms with Crippen molar-refractivity contribution in [2.24, 2.45) is 0 Å². The number of hydrogen-bond donors (Lipinski definition) is 1. The fraction of sp³-hybridized carbons (Fsp3) is 0.286. The lowest BCUT2D eigenvalue weighted by Gasteiger charge is -2.06. The van der Waals surface area contributed by atoms with Crippen LogP contribution in [0.5, 0.6) is 0 Å². The molecule has 0 atom stereocenters. The summed E-state index contributed by atoms with van der Waals surface area (Å²) in [6.07, 6.45) is 0. The maximum absolute atomic E-state index is 12.0. The Morgan fingerprint density at radius 3 is 2.72 bits per heavy atom. The van der Waals surface area contributed by atoms with Gasteiger partial charge in [-0.15, -0.1) is 0 Å². The van der Waals surface area contributed by atoms with Crippen LogP contribution >= 0.6 is 0 Å². The number of benzene rings is 1. The van der Waals surface area contributed by atoms with Crippen LogP contribution in [-0.2, 0) is 13.1 Å². The smallest absolute Gasteiger partial charge is 0.269 e. The van der Waals surface area contributed by atoms with Gasteiger partial charge < -0.3 is 5.32 Å². The number of carbonyl (C=O) groups excluding carboxylic acids is 1. The van der Waals surface area contributed by atoms with Gasteiger partial charge in [0.2, 0.25) is 0 Å². The van der Waals surface area contributed by atoms with E-state index >= 15 is 0 Å². The van der Waals surface area contributed by atoms with Crippen LogP contribution in [0.2, 0.25) is 0 Å². The summed E-state index contributed by atoms with van der Waals surface area (Å²) in [6.45, 7) is 5.09. The minimum atomic E-state index is -0.0821. The average molecular weight is 243 g/mol. The van der Waals surface area contributed by atoms with E-state index in [-0.39, 0.29) is 5.91 Å². The second kappa shape index (κ2) is 5.49. The average Bonchev–Trinajstić information content (AvgIpc) is 2.78. The number of amides is 1. The van der Waals surface area contributed by atoms with E-state index in [0.29, 0.717) is 18.8 Å². The summed E-state index contributed by atoms with van der Waals surface area (Å²) in [6, 6.07) is 11.7. The van der Waals surface area contributed by atoms with E-state index in [1.165, 1.54) is 0 Å². The van der Waals surface area contributed by atoms with Crippen molar-refractivity contribution in [2.45, 2.75) is 26.9 Å². The predicted octanol–water partition coefficient (Wildman–Crippen LogP) is 2.14. The lowest BCUT2D eigenvalue weighted by atomic mass is 10.2. The molecule has 1 aromatic heterocycles. The van der Waals surface area contributed by atoms with Crippen LogP contribution in [0.15, 0.2) is 36.4 Å². The molecule has 0 radical (unpaired) electrons. The molecule has 1 amide bonds. The first-order valence-electron chi connectivity index (χ1n) is 6.07. The maximum Gasteiger partial charge on any atom is 0.269 e. The SMILES string of the molecule is CCn1nc(C)cc1C(=O)NCc1ccccc1. The van der Waals surface area contributed by atoms with E-state index in [1.54, 1.807) is 4.68 Å². The van der Waals surface area contributed by atoms with Crippen molar-refractivity contribution in [1.82, 2.24) is 15.1 Å². The molecule has 18 heavy (non-hydrogen) atoms. The summed E-state index contributed by atoms with van der Waals surface area (Å²) in [5, 5.41) is 7.16. The van der Waals surface area contributed by atoms with E-state index in [1.807, 2.05) is 50.2 Å². The van der Waals surface area contributed by atoms with Crippen molar-refractivity contribution >= 4 is 5.91 Å². The number of nitrogens with zero attached hydrogens (tertiary/aromatic N) is 2. The summed E-state index contributed by atoms with van der Waals surface area (Å²) in [5.74, 6) is -0.0821. The lowest BCUT2D eigenvalue weighted by molar-refractivity contribution is 0.0940. The summed E-state index contributed by atoms with van der Waals surface area (Å²) < 4.78 is 1.72. The number of hydrogen-bond acceptors (Lipinski definition) is 2. The minimum absolute atomic E-state index is 0.0821. The van der Waals surface area contributed by atoms with Crippen LogP contribution < -0.4 is 5.32 Å². The molecule has 4 nitrogen and oxygen atoms in total.